The Morgan fingerprint density at radius 3 is 2.86 bits per heavy atom. The van der Waals surface area contributed by atoms with E-state index in [-0.39, 0.29) is 12.7 Å². The van der Waals surface area contributed by atoms with E-state index in [0.717, 1.165) is 42.9 Å². The third kappa shape index (κ3) is 3.36. The van der Waals surface area contributed by atoms with E-state index in [2.05, 4.69) is 20.0 Å². The second-order valence-corrected chi connectivity index (χ2v) is 7.79. The van der Waals surface area contributed by atoms with Crippen LogP contribution in [0.3, 0.4) is 0 Å². The van der Waals surface area contributed by atoms with E-state index in [9.17, 15) is 0 Å². The summed E-state index contributed by atoms with van der Waals surface area (Å²) in [7, 11) is 1.88. The lowest BCUT2D eigenvalue weighted by Gasteiger charge is -2.34. The number of morpholine rings is 1. The first-order valence-corrected chi connectivity index (χ1v) is 9.72. The lowest BCUT2D eigenvalue weighted by molar-refractivity contribution is 0.0203. The standard InChI is InChI=1S/C21H23N7O.H2/c1-27-11-15(10-26-27)14-2-3-17(22)16(8-14)20(23)18-9-19(25-13-24-18)28-6-7-29-21(12-28)4-5-21;/h2-3,8-11,13,23H,4-7,12,22H2,1H3;1H. The maximum atomic E-state index is 8.74. The van der Waals surface area contributed by atoms with Crippen molar-refractivity contribution in [1.82, 2.24) is 19.7 Å². The molecule has 1 saturated heterocycles. The summed E-state index contributed by atoms with van der Waals surface area (Å²) in [5.41, 5.74) is 10.2. The molecular weight excluding hydrogens is 366 g/mol. The van der Waals surface area contributed by atoms with Crippen LogP contribution in [0.25, 0.3) is 11.1 Å². The molecule has 8 nitrogen and oxygen atoms in total. The molecule has 1 aliphatic carbocycles. The highest BCUT2D eigenvalue weighted by atomic mass is 16.5. The Bertz CT molecular complexity index is 1090. The van der Waals surface area contributed by atoms with E-state index in [4.69, 9.17) is 15.9 Å². The molecular formula is C21H25N7O. The average Bonchev–Trinajstić information content (AvgIpc) is 3.33. The van der Waals surface area contributed by atoms with Crippen LogP contribution >= 0.6 is 0 Å². The van der Waals surface area contributed by atoms with Crippen LogP contribution < -0.4 is 10.6 Å². The first kappa shape index (κ1) is 17.8. The second-order valence-electron chi connectivity index (χ2n) is 7.79. The number of nitrogens with one attached hydrogen (secondary N) is 1. The van der Waals surface area contributed by atoms with Crippen LogP contribution in [0.2, 0.25) is 0 Å². The fourth-order valence-electron chi connectivity index (χ4n) is 3.80. The average molecular weight is 391 g/mol. The summed E-state index contributed by atoms with van der Waals surface area (Å²) in [4.78, 5) is 11.0. The third-order valence-electron chi connectivity index (χ3n) is 5.65. The Morgan fingerprint density at radius 1 is 1.24 bits per heavy atom. The molecule has 1 aromatic carbocycles. The molecule has 1 saturated carbocycles. The Morgan fingerprint density at radius 2 is 2.10 bits per heavy atom. The van der Waals surface area contributed by atoms with Crippen molar-refractivity contribution in [3.63, 3.8) is 0 Å². The molecule has 29 heavy (non-hydrogen) atoms. The van der Waals surface area contributed by atoms with Gasteiger partial charge in [0.05, 0.1) is 29.8 Å². The van der Waals surface area contributed by atoms with Crippen molar-refractivity contribution in [3.05, 3.63) is 54.2 Å². The largest absolute Gasteiger partial charge is 0.398 e. The molecule has 150 valence electrons. The molecule has 3 N–H and O–H groups in total. The van der Waals surface area contributed by atoms with Gasteiger partial charge >= 0.3 is 0 Å². The van der Waals surface area contributed by atoms with E-state index in [1.54, 1.807) is 10.9 Å². The molecule has 8 heteroatoms. The zero-order valence-corrected chi connectivity index (χ0v) is 16.3. The molecule has 1 spiro atoms. The van der Waals surface area contributed by atoms with Gasteiger partial charge in [-0.1, -0.05) is 6.07 Å². The highest BCUT2D eigenvalue weighted by molar-refractivity contribution is 6.13. The zero-order valence-electron chi connectivity index (χ0n) is 16.3. The van der Waals surface area contributed by atoms with Crippen LogP contribution in [-0.2, 0) is 11.8 Å². The van der Waals surface area contributed by atoms with Crippen LogP contribution in [0.4, 0.5) is 11.5 Å². The second kappa shape index (κ2) is 6.66. The van der Waals surface area contributed by atoms with Crippen molar-refractivity contribution >= 4 is 17.2 Å². The predicted molar refractivity (Wildman–Crippen MR) is 113 cm³/mol. The number of rotatable bonds is 4. The van der Waals surface area contributed by atoms with Gasteiger partial charge in [0.1, 0.15) is 12.1 Å². The monoisotopic (exact) mass is 391 g/mol. The van der Waals surface area contributed by atoms with Crippen LogP contribution in [-0.4, -0.2) is 50.8 Å². The predicted octanol–water partition coefficient (Wildman–Crippen LogP) is 2.49. The van der Waals surface area contributed by atoms with Gasteiger partial charge in [0.2, 0.25) is 0 Å². The number of nitrogens with zero attached hydrogens (tertiary/aromatic N) is 5. The van der Waals surface area contributed by atoms with Gasteiger partial charge < -0.3 is 15.4 Å². The van der Waals surface area contributed by atoms with Crippen molar-refractivity contribution in [2.45, 2.75) is 18.4 Å². The first-order valence-electron chi connectivity index (χ1n) is 9.72. The molecule has 5 rings (SSSR count). The van der Waals surface area contributed by atoms with Gasteiger partial charge in [-0.2, -0.15) is 5.10 Å². The Labute approximate surface area is 170 Å². The number of nitrogens with two attached hydrogens (primary N) is 1. The van der Waals surface area contributed by atoms with Gasteiger partial charge in [0, 0.05) is 50.6 Å². The number of benzene rings is 1. The Balaban J connectivity index is 0.00000218. The van der Waals surface area contributed by atoms with Crippen molar-refractivity contribution in [1.29, 1.82) is 5.41 Å². The maximum absolute atomic E-state index is 8.74. The highest BCUT2D eigenvalue weighted by Crippen LogP contribution is 2.42. The fraction of sp³-hybridized carbons (Fsp3) is 0.333. The number of hydrogen-bond donors (Lipinski definition) is 2. The number of aromatic nitrogens is 4. The number of aryl methyl sites for hydroxylation is 1. The summed E-state index contributed by atoms with van der Waals surface area (Å²) >= 11 is 0. The lowest BCUT2D eigenvalue weighted by atomic mass is 9.99. The molecule has 3 heterocycles. The molecule has 3 aromatic rings. The van der Waals surface area contributed by atoms with E-state index in [1.807, 2.05) is 37.5 Å². The molecule has 0 bridgehead atoms. The summed E-state index contributed by atoms with van der Waals surface area (Å²) in [6, 6.07) is 7.56. The summed E-state index contributed by atoms with van der Waals surface area (Å²) < 4.78 is 7.65. The van der Waals surface area contributed by atoms with Crippen molar-refractivity contribution in [3.8, 4) is 11.1 Å². The normalized spacial score (nSPS) is 17.5. The first-order chi connectivity index (χ1) is 14.0. The van der Waals surface area contributed by atoms with E-state index < -0.39 is 0 Å². The summed E-state index contributed by atoms with van der Waals surface area (Å²) in [5.74, 6) is 0.830. The summed E-state index contributed by atoms with van der Waals surface area (Å²) in [6.07, 6.45) is 7.47. The minimum atomic E-state index is 0. The van der Waals surface area contributed by atoms with Crippen LogP contribution in [0.1, 0.15) is 25.5 Å². The van der Waals surface area contributed by atoms with Crippen LogP contribution in [0.15, 0.2) is 43.0 Å². The highest BCUT2D eigenvalue weighted by Gasteiger charge is 2.47. The quantitative estimate of drug-likeness (QED) is 0.523. The van der Waals surface area contributed by atoms with E-state index in [0.29, 0.717) is 23.6 Å². The Hall–Kier alpha value is -3.26. The number of anilines is 2. The van der Waals surface area contributed by atoms with Gasteiger partial charge in [-0.05, 0) is 30.5 Å². The smallest absolute Gasteiger partial charge is 0.132 e. The molecule has 0 unspecified atom stereocenters. The van der Waals surface area contributed by atoms with Gasteiger partial charge in [-0.3, -0.25) is 10.1 Å². The molecule has 1 aliphatic heterocycles. The minimum Gasteiger partial charge on any atom is -0.398 e. The van der Waals surface area contributed by atoms with Crippen molar-refractivity contribution in [2.24, 2.45) is 7.05 Å². The molecule has 0 amide bonds. The number of ether oxygens (including phenoxy) is 1. The van der Waals surface area contributed by atoms with Crippen molar-refractivity contribution < 1.29 is 6.16 Å². The third-order valence-corrected chi connectivity index (χ3v) is 5.65. The van der Waals surface area contributed by atoms with Crippen LogP contribution in [0.5, 0.6) is 0 Å². The van der Waals surface area contributed by atoms with Crippen molar-refractivity contribution in [2.75, 3.05) is 30.3 Å². The molecule has 2 aromatic heterocycles. The molecule has 0 atom stereocenters. The fourth-order valence-corrected chi connectivity index (χ4v) is 3.80. The number of nitrogen functional groups attached to an aromatic ring is 1. The van der Waals surface area contributed by atoms with Gasteiger partial charge in [-0.15, -0.1) is 0 Å². The van der Waals surface area contributed by atoms with Gasteiger partial charge in [0.25, 0.3) is 0 Å². The maximum Gasteiger partial charge on any atom is 0.132 e. The molecule has 2 fully saturated rings. The molecule has 2 aliphatic rings. The Kier molecular flexibility index (Phi) is 4.09. The topological polar surface area (TPSA) is 106 Å². The minimum absolute atomic E-state index is 0. The van der Waals surface area contributed by atoms with E-state index >= 15 is 0 Å². The SMILES string of the molecule is Cn1cc(-c2ccc(N)c(C(=N)c3cc(N4CCOC5(CC5)C4)ncn3)c2)cn1.[HH]. The zero-order chi connectivity index (χ0) is 20.0. The lowest BCUT2D eigenvalue weighted by Crippen LogP contribution is -2.44. The summed E-state index contributed by atoms with van der Waals surface area (Å²) in [6.45, 7) is 2.34. The van der Waals surface area contributed by atoms with Gasteiger partial charge in [0.15, 0.2) is 0 Å². The number of hydrogen-bond acceptors (Lipinski definition) is 7. The van der Waals surface area contributed by atoms with E-state index in [1.165, 1.54) is 6.33 Å². The molecule has 0 radical (unpaired) electrons. The van der Waals surface area contributed by atoms with Gasteiger partial charge in [-0.25, -0.2) is 9.97 Å². The summed E-state index contributed by atoms with van der Waals surface area (Å²) in [5, 5.41) is 13.0. The van der Waals surface area contributed by atoms with Crippen LogP contribution in [0, 0.1) is 5.41 Å².